The van der Waals surface area contributed by atoms with Crippen LogP contribution in [0, 0.1) is 13.8 Å². The molecular formula is C15H15N. The molecule has 0 fully saturated rings. The molecule has 0 aliphatic carbocycles. The first-order valence-electron chi connectivity index (χ1n) is 5.42. The summed E-state index contributed by atoms with van der Waals surface area (Å²) in [5.41, 5.74) is 4.62. The van der Waals surface area contributed by atoms with Crippen molar-refractivity contribution in [2.45, 2.75) is 13.8 Å². The smallest absolute Gasteiger partial charge is 0.0661 e. The van der Waals surface area contributed by atoms with E-state index in [0.717, 1.165) is 11.3 Å². The Morgan fingerprint density at radius 2 is 1.69 bits per heavy atom. The maximum atomic E-state index is 4.51. The standard InChI is InChI=1S/C15H15N/c1-12-8-9-13(2)15(10-12)16-11-14-6-4-3-5-7-14/h3-11H,1-2H3. The average molecular weight is 209 g/mol. The highest BCUT2D eigenvalue weighted by atomic mass is 14.7. The lowest BCUT2D eigenvalue weighted by molar-refractivity contribution is 1.35. The van der Waals surface area contributed by atoms with Gasteiger partial charge in [-0.2, -0.15) is 0 Å². The van der Waals surface area contributed by atoms with Gasteiger partial charge in [-0.1, -0.05) is 42.5 Å². The number of rotatable bonds is 2. The Labute approximate surface area is 96.5 Å². The maximum Gasteiger partial charge on any atom is 0.0661 e. The van der Waals surface area contributed by atoms with Crippen molar-refractivity contribution in [3.8, 4) is 0 Å². The molecule has 1 nitrogen and oxygen atoms in total. The molecule has 80 valence electrons. The van der Waals surface area contributed by atoms with E-state index in [1.807, 2.05) is 24.4 Å². The van der Waals surface area contributed by atoms with Crippen LogP contribution in [0.1, 0.15) is 16.7 Å². The minimum atomic E-state index is 1.05. The Hall–Kier alpha value is -1.89. The fourth-order valence-corrected chi connectivity index (χ4v) is 1.54. The number of aryl methyl sites for hydroxylation is 2. The normalized spacial score (nSPS) is 10.9. The molecule has 0 N–H and O–H groups in total. The molecule has 0 radical (unpaired) electrons. The average Bonchev–Trinajstić information content (AvgIpc) is 2.32. The third-order valence-corrected chi connectivity index (χ3v) is 2.52. The zero-order valence-corrected chi connectivity index (χ0v) is 9.64. The van der Waals surface area contributed by atoms with Crippen molar-refractivity contribution in [1.82, 2.24) is 0 Å². The summed E-state index contributed by atoms with van der Waals surface area (Å²) in [5, 5.41) is 0. The predicted octanol–water partition coefficient (Wildman–Crippen LogP) is 4.05. The molecule has 0 amide bonds. The third-order valence-electron chi connectivity index (χ3n) is 2.52. The third kappa shape index (κ3) is 2.57. The van der Waals surface area contributed by atoms with Crippen LogP contribution < -0.4 is 0 Å². The molecular weight excluding hydrogens is 194 g/mol. The number of nitrogens with zero attached hydrogens (tertiary/aromatic N) is 1. The van der Waals surface area contributed by atoms with Crippen molar-refractivity contribution >= 4 is 11.9 Å². The molecule has 0 atom stereocenters. The Balaban J connectivity index is 2.27. The molecule has 1 heteroatoms. The Kier molecular flexibility index (Phi) is 3.16. The molecule has 0 bridgehead atoms. The summed E-state index contributed by atoms with van der Waals surface area (Å²) in [7, 11) is 0. The van der Waals surface area contributed by atoms with Gasteiger partial charge in [0.15, 0.2) is 0 Å². The summed E-state index contributed by atoms with van der Waals surface area (Å²) in [5.74, 6) is 0. The minimum Gasteiger partial charge on any atom is -0.256 e. The number of aliphatic imine (C=N–C) groups is 1. The monoisotopic (exact) mass is 209 g/mol. The minimum absolute atomic E-state index is 1.05. The topological polar surface area (TPSA) is 12.4 Å². The van der Waals surface area contributed by atoms with Gasteiger partial charge in [0.05, 0.1) is 5.69 Å². The van der Waals surface area contributed by atoms with Crippen molar-refractivity contribution in [3.05, 3.63) is 65.2 Å². The fourth-order valence-electron chi connectivity index (χ4n) is 1.54. The van der Waals surface area contributed by atoms with E-state index >= 15 is 0 Å². The van der Waals surface area contributed by atoms with E-state index in [1.54, 1.807) is 0 Å². The molecule has 2 aromatic rings. The maximum absolute atomic E-state index is 4.51. The molecule has 0 aliphatic heterocycles. The molecule has 2 aromatic carbocycles. The molecule has 0 unspecified atom stereocenters. The summed E-state index contributed by atoms with van der Waals surface area (Å²) >= 11 is 0. The Morgan fingerprint density at radius 3 is 2.44 bits per heavy atom. The molecule has 2 rings (SSSR count). The predicted molar refractivity (Wildman–Crippen MR) is 69.6 cm³/mol. The van der Waals surface area contributed by atoms with E-state index < -0.39 is 0 Å². The van der Waals surface area contributed by atoms with Gasteiger partial charge in [-0.3, -0.25) is 4.99 Å². The SMILES string of the molecule is Cc1ccc(C)c(N=Cc2ccccc2)c1. The summed E-state index contributed by atoms with van der Waals surface area (Å²) < 4.78 is 0. The highest BCUT2D eigenvalue weighted by Gasteiger charge is 1.95. The number of hydrogen-bond acceptors (Lipinski definition) is 1. The first-order valence-corrected chi connectivity index (χ1v) is 5.42. The van der Waals surface area contributed by atoms with Crippen LogP contribution in [0.25, 0.3) is 0 Å². The van der Waals surface area contributed by atoms with Crippen molar-refractivity contribution in [2.75, 3.05) is 0 Å². The second-order valence-electron chi connectivity index (χ2n) is 3.96. The van der Waals surface area contributed by atoms with Gasteiger partial charge in [0, 0.05) is 6.21 Å². The first-order chi connectivity index (χ1) is 7.75. The largest absolute Gasteiger partial charge is 0.256 e. The summed E-state index contributed by atoms with van der Waals surface area (Å²) in [6.07, 6.45) is 1.90. The summed E-state index contributed by atoms with van der Waals surface area (Å²) in [6, 6.07) is 16.5. The zero-order chi connectivity index (χ0) is 11.4. The van der Waals surface area contributed by atoms with E-state index in [1.165, 1.54) is 11.1 Å². The molecule has 16 heavy (non-hydrogen) atoms. The van der Waals surface area contributed by atoms with E-state index in [-0.39, 0.29) is 0 Å². The van der Waals surface area contributed by atoms with Crippen molar-refractivity contribution < 1.29 is 0 Å². The lowest BCUT2D eigenvalue weighted by Crippen LogP contribution is -1.81. The van der Waals surface area contributed by atoms with Gasteiger partial charge in [-0.25, -0.2) is 0 Å². The van der Waals surface area contributed by atoms with Crippen LogP contribution in [-0.2, 0) is 0 Å². The summed E-state index contributed by atoms with van der Waals surface area (Å²) in [4.78, 5) is 4.51. The van der Waals surface area contributed by atoms with Crippen LogP contribution in [0.2, 0.25) is 0 Å². The van der Waals surface area contributed by atoms with E-state index in [9.17, 15) is 0 Å². The number of hydrogen-bond donors (Lipinski definition) is 0. The zero-order valence-electron chi connectivity index (χ0n) is 9.64. The van der Waals surface area contributed by atoms with Crippen molar-refractivity contribution in [1.29, 1.82) is 0 Å². The van der Waals surface area contributed by atoms with Crippen LogP contribution in [0.3, 0.4) is 0 Å². The molecule has 0 saturated carbocycles. The van der Waals surface area contributed by atoms with E-state index in [4.69, 9.17) is 0 Å². The lowest BCUT2D eigenvalue weighted by Gasteiger charge is -2.01. The van der Waals surface area contributed by atoms with Crippen LogP contribution in [0.4, 0.5) is 5.69 Å². The second kappa shape index (κ2) is 4.75. The first kappa shape index (κ1) is 10.6. The van der Waals surface area contributed by atoms with Gasteiger partial charge in [0.2, 0.25) is 0 Å². The van der Waals surface area contributed by atoms with Gasteiger partial charge in [-0.05, 0) is 36.6 Å². The van der Waals surface area contributed by atoms with Gasteiger partial charge in [0.1, 0.15) is 0 Å². The highest BCUT2D eigenvalue weighted by Crippen LogP contribution is 2.19. The van der Waals surface area contributed by atoms with Crippen molar-refractivity contribution in [2.24, 2.45) is 4.99 Å². The molecule has 0 heterocycles. The van der Waals surface area contributed by atoms with E-state index in [0.29, 0.717) is 0 Å². The summed E-state index contributed by atoms with van der Waals surface area (Å²) in [6.45, 7) is 4.16. The van der Waals surface area contributed by atoms with Crippen LogP contribution >= 0.6 is 0 Å². The fraction of sp³-hybridized carbons (Fsp3) is 0.133. The lowest BCUT2D eigenvalue weighted by atomic mass is 10.1. The van der Waals surface area contributed by atoms with Gasteiger partial charge in [-0.15, -0.1) is 0 Å². The van der Waals surface area contributed by atoms with Gasteiger partial charge < -0.3 is 0 Å². The molecule has 0 aliphatic rings. The van der Waals surface area contributed by atoms with Crippen LogP contribution in [-0.4, -0.2) is 6.21 Å². The molecule has 0 spiro atoms. The van der Waals surface area contributed by atoms with E-state index in [2.05, 4.69) is 49.2 Å². The number of benzene rings is 2. The second-order valence-corrected chi connectivity index (χ2v) is 3.96. The highest BCUT2D eigenvalue weighted by molar-refractivity contribution is 5.82. The Morgan fingerprint density at radius 1 is 0.938 bits per heavy atom. The van der Waals surface area contributed by atoms with Crippen LogP contribution in [0.15, 0.2) is 53.5 Å². The molecule has 0 aromatic heterocycles. The van der Waals surface area contributed by atoms with Gasteiger partial charge in [0.25, 0.3) is 0 Å². The Bertz CT molecular complexity index is 498. The quantitative estimate of drug-likeness (QED) is 0.661. The molecule has 0 saturated heterocycles. The van der Waals surface area contributed by atoms with Crippen LogP contribution in [0.5, 0.6) is 0 Å². The van der Waals surface area contributed by atoms with Gasteiger partial charge >= 0.3 is 0 Å². The van der Waals surface area contributed by atoms with Crippen molar-refractivity contribution in [3.63, 3.8) is 0 Å².